The van der Waals surface area contributed by atoms with Crippen LogP contribution in [0.25, 0.3) is 0 Å². The molecule has 1 spiro atoms. The third kappa shape index (κ3) is 1.56. The Hall–Kier alpha value is -2.10. The van der Waals surface area contributed by atoms with Crippen LogP contribution in [-0.2, 0) is 4.79 Å². The summed E-state index contributed by atoms with van der Waals surface area (Å²) in [6.45, 7) is 1.98. The van der Waals surface area contributed by atoms with Gasteiger partial charge in [-0.2, -0.15) is 0 Å². The van der Waals surface area contributed by atoms with E-state index in [0.29, 0.717) is 0 Å². The lowest BCUT2D eigenvalue weighted by Crippen LogP contribution is -2.44. The van der Waals surface area contributed by atoms with Gasteiger partial charge in [0.2, 0.25) is 0 Å². The first kappa shape index (κ1) is 12.6. The summed E-state index contributed by atoms with van der Waals surface area (Å²) in [5.74, 6) is 0.105. The molecule has 0 radical (unpaired) electrons. The van der Waals surface area contributed by atoms with Crippen molar-refractivity contribution in [2.75, 3.05) is 12.4 Å². The van der Waals surface area contributed by atoms with Gasteiger partial charge in [0.05, 0.1) is 28.2 Å². The van der Waals surface area contributed by atoms with Crippen molar-refractivity contribution in [1.82, 2.24) is 4.90 Å². The standard InChI is InChI=1S/C17H19N3O/c1-11-14-15(19-13-8-4-3-7-12(13)18-11)17(9-5-6-10-17)20(2)16(14)21/h3-4,7-8,18H,5-6,9-10H2,1-2H3. The van der Waals surface area contributed by atoms with Crippen molar-refractivity contribution in [2.45, 2.75) is 38.1 Å². The van der Waals surface area contributed by atoms with Crippen LogP contribution >= 0.6 is 0 Å². The first-order chi connectivity index (χ1) is 10.1. The number of carbonyl (C=O) groups excluding carboxylic acids is 1. The molecule has 1 N–H and O–H groups in total. The molecule has 4 rings (SSSR count). The summed E-state index contributed by atoms with van der Waals surface area (Å²) < 4.78 is 0. The van der Waals surface area contributed by atoms with E-state index in [-0.39, 0.29) is 11.4 Å². The Morgan fingerprint density at radius 3 is 2.71 bits per heavy atom. The van der Waals surface area contributed by atoms with Crippen molar-refractivity contribution in [3.05, 3.63) is 35.5 Å². The fourth-order valence-electron chi connectivity index (χ4n) is 3.95. The number of aliphatic imine (C=N–C) groups is 1. The molecule has 3 aliphatic rings. The summed E-state index contributed by atoms with van der Waals surface area (Å²) in [5.41, 5.74) is 4.38. The maximum atomic E-state index is 12.8. The molecule has 2 fully saturated rings. The monoisotopic (exact) mass is 281 g/mol. The zero-order valence-electron chi connectivity index (χ0n) is 12.4. The lowest BCUT2D eigenvalue weighted by molar-refractivity contribution is -0.126. The molecule has 4 nitrogen and oxygen atoms in total. The van der Waals surface area contributed by atoms with E-state index in [4.69, 9.17) is 4.99 Å². The largest absolute Gasteiger partial charge is 0.357 e. The fourth-order valence-corrected chi connectivity index (χ4v) is 3.95. The predicted molar refractivity (Wildman–Crippen MR) is 83.8 cm³/mol. The van der Waals surface area contributed by atoms with E-state index in [1.54, 1.807) is 0 Å². The molecule has 0 unspecified atom stereocenters. The van der Waals surface area contributed by atoms with Gasteiger partial charge in [-0.15, -0.1) is 0 Å². The van der Waals surface area contributed by atoms with Gasteiger partial charge in [-0.05, 0) is 31.9 Å². The van der Waals surface area contributed by atoms with E-state index < -0.39 is 0 Å². The molecule has 0 aromatic heterocycles. The molecule has 108 valence electrons. The SMILES string of the molecule is CC1=C2C(=O)N(C)C3(CCCC3)C2=Nc2ccccc2N1. The molecule has 1 saturated carbocycles. The molecule has 1 aromatic rings. The molecule has 0 atom stereocenters. The average molecular weight is 281 g/mol. The van der Waals surface area contributed by atoms with Gasteiger partial charge in [0.1, 0.15) is 0 Å². The minimum atomic E-state index is -0.188. The Morgan fingerprint density at radius 2 is 1.95 bits per heavy atom. The Bertz CT molecular complexity index is 696. The minimum Gasteiger partial charge on any atom is -0.357 e. The number of nitrogens with one attached hydrogen (secondary N) is 1. The summed E-state index contributed by atoms with van der Waals surface area (Å²) in [6.07, 6.45) is 4.37. The van der Waals surface area contributed by atoms with E-state index in [1.165, 1.54) is 0 Å². The molecule has 1 aliphatic carbocycles. The third-order valence-electron chi connectivity index (χ3n) is 5.10. The lowest BCUT2D eigenvalue weighted by Gasteiger charge is -2.31. The van der Waals surface area contributed by atoms with E-state index in [1.807, 2.05) is 43.1 Å². The van der Waals surface area contributed by atoms with Gasteiger partial charge in [0.25, 0.3) is 5.91 Å². The van der Waals surface area contributed by atoms with Crippen LogP contribution < -0.4 is 5.32 Å². The number of fused-ring (bicyclic) bond motifs is 3. The highest BCUT2D eigenvalue weighted by molar-refractivity contribution is 6.32. The number of hydrogen-bond donors (Lipinski definition) is 1. The second-order valence-electron chi connectivity index (χ2n) is 6.21. The average Bonchev–Trinajstić information content (AvgIpc) is 2.99. The second-order valence-corrected chi connectivity index (χ2v) is 6.21. The van der Waals surface area contributed by atoms with E-state index in [9.17, 15) is 4.79 Å². The van der Waals surface area contributed by atoms with E-state index in [0.717, 1.165) is 54.0 Å². The summed E-state index contributed by atoms with van der Waals surface area (Å²) in [6, 6.07) is 8.01. The Morgan fingerprint density at radius 1 is 1.24 bits per heavy atom. The quantitative estimate of drug-likeness (QED) is 0.793. The molecule has 4 heteroatoms. The highest BCUT2D eigenvalue weighted by atomic mass is 16.2. The van der Waals surface area contributed by atoms with Crippen molar-refractivity contribution < 1.29 is 4.79 Å². The lowest BCUT2D eigenvalue weighted by atomic mass is 9.90. The first-order valence-electron chi connectivity index (χ1n) is 7.58. The van der Waals surface area contributed by atoms with Crippen LogP contribution in [0, 0.1) is 0 Å². The first-order valence-corrected chi connectivity index (χ1v) is 7.58. The molecular formula is C17H19N3O. The highest BCUT2D eigenvalue weighted by Gasteiger charge is 2.54. The maximum absolute atomic E-state index is 12.8. The van der Waals surface area contributed by atoms with Gasteiger partial charge < -0.3 is 10.2 Å². The Balaban J connectivity index is 1.99. The second kappa shape index (κ2) is 4.20. The normalized spacial score (nSPS) is 22.9. The Labute approximate surface area is 124 Å². The van der Waals surface area contributed by atoms with Gasteiger partial charge in [0.15, 0.2) is 0 Å². The Kier molecular flexibility index (Phi) is 2.52. The van der Waals surface area contributed by atoms with Crippen LogP contribution in [-0.4, -0.2) is 29.1 Å². The molecule has 1 aromatic carbocycles. The van der Waals surface area contributed by atoms with Crippen LogP contribution in [0.4, 0.5) is 11.4 Å². The fraction of sp³-hybridized carbons (Fsp3) is 0.412. The minimum absolute atomic E-state index is 0.105. The number of rotatable bonds is 0. The molecular weight excluding hydrogens is 262 g/mol. The molecule has 2 aliphatic heterocycles. The molecule has 1 amide bonds. The van der Waals surface area contributed by atoms with Crippen LogP contribution in [0.3, 0.4) is 0 Å². The van der Waals surface area contributed by atoms with E-state index >= 15 is 0 Å². The number of amides is 1. The zero-order valence-corrected chi connectivity index (χ0v) is 12.4. The summed E-state index contributed by atoms with van der Waals surface area (Å²) in [4.78, 5) is 19.6. The number of likely N-dealkylation sites (tertiary alicyclic amines) is 1. The third-order valence-corrected chi connectivity index (χ3v) is 5.10. The number of para-hydroxylation sites is 2. The van der Waals surface area contributed by atoms with Crippen LogP contribution in [0.1, 0.15) is 32.6 Å². The van der Waals surface area contributed by atoms with Crippen molar-refractivity contribution in [3.8, 4) is 0 Å². The van der Waals surface area contributed by atoms with Crippen LogP contribution in [0.15, 0.2) is 40.5 Å². The van der Waals surface area contributed by atoms with Crippen molar-refractivity contribution >= 4 is 23.0 Å². The van der Waals surface area contributed by atoms with Crippen molar-refractivity contribution in [1.29, 1.82) is 0 Å². The number of carbonyl (C=O) groups is 1. The summed E-state index contributed by atoms with van der Waals surface area (Å²) in [7, 11) is 1.93. The highest BCUT2D eigenvalue weighted by Crippen LogP contribution is 2.46. The van der Waals surface area contributed by atoms with Crippen LogP contribution in [0.5, 0.6) is 0 Å². The maximum Gasteiger partial charge on any atom is 0.258 e. The molecule has 21 heavy (non-hydrogen) atoms. The topological polar surface area (TPSA) is 44.7 Å². The summed E-state index contributed by atoms with van der Waals surface area (Å²) in [5, 5.41) is 3.37. The van der Waals surface area contributed by atoms with E-state index in [2.05, 4.69) is 5.32 Å². The van der Waals surface area contributed by atoms with Crippen LogP contribution in [0.2, 0.25) is 0 Å². The molecule has 2 heterocycles. The van der Waals surface area contributed by atoms with Crippen molar-refractivity contribution in [3.63, 3.8) is 0 Å². The van der Waals surface area contributed by atoms with Crippen molar-refractivity contribution in [2.24, 2.45) is 4.99 Å². The number of allylic oxidation sites excluding steroid dienone is 1. The molecule has 0 bridgehead atoms. The van der Waals surface area contributed by atoms with Gasteiger partial charge >= 0.3 is 0 Å². The number of hydrogen-bond acceptors (Lipinski definition) is 3. The predicted octanol–water partition coefficient (Wildman–Crippen LogP) is 3.24. The zero-order chi connectivity index (χ0) is 14.6. The number of nitrogens with zero attached hydrogens (tertiary/aromatic N) is 2. The van der Waals surface area contributed by atoms with Gasteiger partial charge in [-0.25, -0.2) is 4.99 Å². The van der Waals surface area contributed by atoms with Gasteiger partial charge in [-0.1, -0.05) is 25.0 Å². The number of benzene rings is 1. The van der Waals surface area contributed by atoms with Gasteiger partial charge in [-0.3, -0.25) is 4.79 Å². The van der Waals surface area contributed by atoms with Gasteiger partial charge in [0, 0.05) is 12.7 Å². The number of anilines is 1. The number of likely N-dealkylation sites (N-methyl/N-ethyl adjacent to an activating group) is 1. The smallest absolute Gasteiger partial charge is 0.258 e. The molecule has 1 saturated heterocycles. The summed E-state index contributed by atoms with van der Waals surface area (Å²) >= 11 is 0.